The Hall–Kier alpha value is -1.83. The lowest BCUT2D eigenvalue weighted by Crippen LogP contribution is -2.57. The fourth-order valence-corrected chi connectivity index (χ4v) is 6.61. The van der Waals surface area contributed by atoms with Gasteiger partial charge in [-0.2, -0.15) is 17.5 Å². The molecule has 0 aromatic heterocycles. The molecule has 4 rings (SSSR count). The number of ether oxygens (including phenoxy) is 2. The second-order valence-electron chi connectivity index (χ2n) is 10.2. The molecule has 3 aliphatic rings. The van der Waals surface area contributed by atoms with E-state index in [0.717, 1.165) is 0 Å². The molecule has 12 heteroatoms. The number of sulfonamides is 1. The molecule has 1 aliphatic carbocycles. The summed E-state index contributed by atoms with van der Waals surface area (Å²) in [5.74, 6) is 0. The fraction of sp³-hybridized carbons (Fsp3) is 0.560. The minimum Gasteiger partial charge on any atom is -0.380 e. The third-order valence-corrected chi connectivity index (χ3v) is 9.47. The average Bonchev–Trinajstić information content (AvgIpc) is 2.82. The quantitative estimate of drug-likeness (QED) is 0.488. The maximum Gasteiger partial charge on any atom is 0.421 e. The summed E-state index contributed by atoms with van der Waals surface area (Å²) < 4.78 is 79.3. The first-order valence-corrected chi connectivity index (χ1v) is 13.8. The Morgan fingerprint density at radius 3 is 2.46 bits per heavy atom. The number of halogens is 3. The molecule has 1 N–H and O–H groups in total. The van der Waals surface area contributed by atoms with E-state index in [1.165, 1.54) is 34.6 Å². The van der Waals surface area contributed by atoms with Gasteiger partial charge < -0.3 is 19.5 Å². The molecule has 1 aromatic rings. The van der Waals surface area contributed by atoms with Crippen molar-refractivity contribution in [1.29, 1.82) is 0 Å². The number of alkyl halides is 3. The summed E-state index contributed by atoms with van der Waals surface area (Å²) in [6.45, 7) is 5.19. The van der Waals surface area contributed by atoms with Crippen molar-refractivity contribution in [3.63, 3.8) is 0 Å². The van der Waals surface area contributed by atoms with Crippen molar-refractivity contribution in [3.8, 4) is 0 Å². The number of allylic oxidation sites excluding steroid dienone is 4. The first-order valence-electron chi connectivity index (χ1n) is 12.0. The predicted molar refractivity (Wildman–Crippen MR) is 138 cm³/mol. The first-order chi connectivity index (χ1) is 17.2. The SMILES string of the molecule is CC1(COC[C@H]2CN(S(=O)(=O)C3=CC=CCC3=S)CCN2c2ccc(C(C)(O)C(F)(F)F)cc2)COC1. The predicted octanol–water partition coefficient (Wildman–Crippen LogP) is 3.54. The minimum absolute atomic E-state index is 0.0957. The van der Waals surface area contributed by atoms with Gasteiger partial charge in [0.05, 0.1) is 37.4 Å². The lowest BCUT2D eigenvalue weighted by Gasteiger charge is -2.43. The monoisotopic (exact) mass is 560 g/mol. The van der Waals surface area contributed by atoms with E-state index in [-0.39, 0.29) is 35.6 Å². The van der Waals surface area contributed by atoms with Gasteiger partial charge in [0.25, 0.3) is 0 Å². The first kappa shape index (κ1) is 28.2. The van der Waals surface area contributed by atoms with Gasteiger partial charge in [0.2, 0.25) is 10.0 Å². The molecular weight excluding hydrogens is 529 g/mol. The molecule has 1 unspecified atom stereocenters. The molecule has 0 saturated carbocycles. The number of thiocarbonyl (C=S) groups is 1. The summed E-state index contributed by atoms with van der Waals surface area (Å²) in [5.41, 5.74) is -2.74. The zero-order valence-electron chi connectivity index (χ0n) is 20.7. The molecule has 1 aromatic carbocycles. The minimum atomic E-state index is -4.82. The van der Waals surface area contributed by atoms with Crippen molar-refractivity contribution < 1.29 is 36.2 Å². The fourth-order valence-electron chi connectivity index (χ4n) is 4.54. The van der Waals surface area contributed by atoms with Crippen LogP contribution in [0.4, 0.5) is 18.9 Å². The molecule has 0 bridgehead atoms. The van der Waals surface area contributed by atoms with Crippen molar-refractivity contribution in [1.82, 2.24) is 4.31 Å². The number of anilines is 1. The summed E-state index contributed by atoms with van der Waals surface area (Å²) in [4.78, 5) is 2.42. The van der Waals surface area contributed by atoms with E-state index in [2.05, 4.69) is 0 Å². The van der Waals surface area contributed by atoms with E-state index in [4.69, 9.17) is 21.7 Å². The number of benzene rings is 1. The molecule has 204 valence electrons. The van der Waals surface area contributed by atoms with Crippen LogP contribution in [0.1, 0.15) is 25.8 Å². The van der Waals surface area contributed by atoms with Crippen LogP contribution in [0.15, 0.2) is 47.4 Å². The second-order valence-corrected chi connectivity index (χ2v) is 12.6. The third-order valence-electron chi connectivity index (χ3n) is 7.00. The highest BCUT2D eigenvalue weighted by Crippen LogP contribution is 2.39. The molecular formula is C25H31F3N2O5S2. The van der Waals surface area contributed by atoms with Crippen molar-refractivity contribution in [2.45, 2.75) is 38.1 Å². The van der Waals surface area contributed by atoms with Crippen LogP contribution in [-0.2, 0) is 25.1 Å². The van der Waals surface area contributed by atoms with Crippen LogP contribution in [0.25, 0.3) is 0 Å². The zero-order valence-corrected chi connectivity index (χ0v) is 22.3. The summed E-state index contributed by atoms with van der Waals surface area (Å²) in [7, 11) is -3.82. The van der Waals surface area contributed by atoms with Crippen molar-refractivity contribution in [2.75, 3.05) is 51.0 Å². The highest BCUT2D eigenvalue weighted by molar-refractivity contribution is 7.96. The summed E-state index contributed by atoms with van der Waals surface area (Å²) >= 11 is 5.30. The maximum absolute atomic E-state index is 13.4. The van der Waals surface area contributed by atoms with Gasteiger partial charge in [0, 0.05) is 42.0 Å². The topological polar surface area (TPSA) is 79.3 Å². The number of hydrogen-bond acceptors (Lipinski definition) is 7. The highest BCUT2D eigenvalue weighted by Gasteiger charge is 2.51. The van der Waals surface area contributed by atoms with Gasteiger partial charge in [-0.3, -0.25) is 0 Å². The Labute approximate surface area is 220 Å². The highest BCUT2D eigenvalue weighted by atomic mass is 32.2. The van der Waals surface area contributed by atoms with Gasteiger partial charge in [-0.15, -0.1) is 0 Å². The molecule has 2 saturated heterocycles. The summed E-state index contributed by atoms with van der Waals surface area (Å²) in [5, 5.41) is 10.0. The number of rotatable bonds is 8. The van der Waals surface area contributed by atoms with Gasteiger partial charge in [0.15, 0.2) is 5.60 Å². The zero-order chi connectivity index (χ0) is 27.1. The molecule has 0 spiro atoms. The molecule has 37 heavy (non-hydrogen) atoms. The van der Waals surface area contributed by atoms with Crippen molar-refractivity contribution in [2.24, 2.45) is 5.41 Å². The third kappa shape index (κ3) is 5.79. The van der Waals surface area contributed by atoms with E-state index in [9.17, 15) is 26.7 Å². The van der Waals surface area contributed by atoms with Crippen LogP contribution in [0.3, 0.4) is 0 Å². The van der Waals surface area contributed by atoms with Crippen LogP contribution in [-0.4, -0.2) is 81.0 Å². The van der Waals surface area contributed by atoms with Gasteiger partial charge in [-0.25, -0.2) is 8.42 Å². The van der Waals surface area contributed by atoms with Gasteiger partial charge in [-0.1, -0.05) is 43.4 Å². The average molecular weight is 561 g/mol. The second kappa shape index (κ2) is 10.4. The van der Waals surface area contributed by atoms with Crippen LogP contribution in [0.5, 0.6) is 0 Å². The van der Waals surface area contributed by atoms with Crippen LogP contribution < -0.4 is 4.90 Å². The van der Waals surface area contributed by atoms with E-state index >= 15 is 0 Å². The molecule has 2 fully saturated rings. The van der Waals surface area contributed by atoms with Crippen LogP contribution >= 0.6 is 12.2 Å². The van der Waals surface area contributed by atoms with Gasteiger partial charge in [0.1, 0.15) is 0 Å². The molecule has 7 nitrogen and oxygen atoms in total. The van der Waals surface area contributed by atoms with E-state index in [1.807, 2.05) is 11.8 Å². The lowest BCUT2D eigenvalue weighted by molar-refractivity contribution is -0.258. The Morgan fingerprint density at radius 2 is 1.89 bits per heavy atom. The van der Waals surface area contributed by atoms with Crippen LogP contribution in [0, 0.1) is 5.41 Å². The standard InChI is InChI=1S/C25H31F3N2O5S2/c1-23(16-35-17-23)15-34-14-20-13-29(37(32,33)22-6-4-3-5-21(22)36)11-12-30(20)19-9-7-18(8-10-19)24(2,31)25(26,27)28/h3-4,6-10,20,31H,5,11-17H2,1-2H3/t20-,24?/m1/s1. The molecule has 2 aliphatic heterocycles. The van der Waals surface area contributed by atoms with E-state index in [0.29, 0.717) is 50.3 Å². The number of nitrogens with zero attached hydrogens (tertiary/aromatic N) is 2. The van der Waals surface area contributed by atoms with E-state index in [1.54, 1.807) is 12.2 Å². The lowest BCUT2D eigenvalue weighted by atomic mass is 9.90. The van der Waals surface area contributed by atoms with Gasteiger partial charge >= 0.3 is 6.18 Å². The number of aliphatic hydroxyl groups is 1. The maximum atomic E-state index is 13.4. The smallest absolute Gasteiger partial charge is 0.380 e. The van der Waals surface area contributed by atoms with E-state index < -0.39 is 27.8 Å². The summed E-state index contributed by atoms with van der Waals surface area (Å²) in [6.07, 6.45) is 0.567. The van der Waals surface area contributed by atoms with Crippen molar-refractivity contribution >= 4 is 32.8 Å². The van der Waals surface area contributed by atoms with Crippen molar-refractivity contribution in [3.05, 3.63) is 53.0 Å². The molecule has 2 heterocycles. The summed E-state index contributed by atoms with van der Waals surface area (Å²) in [6, 6.07) is 5.12. The Bertz CT molecular complexity index is 1180. The molecule has 2 atom stereocenters. The largest absolute Gasteiger partial charge is 0.421 e. The Morgan fingerprint density at radius 1 is 1.22 bits per heavy atom. The number of hydrogen-bond donors (Lipinski definition) is 1. The molecule has 0 radical (unpaired) electrons. The Kier molecular flexibility index (Phi) is 7.91. The molecule has 0 amide bonds. The van der Waals surface area contributed by atoms with Gasteiger partial charge in [-0.05, 0) is 30.7 Å². The van der Waals surface area contributed by atoms with Crippen LogP contribution in [0.2, 0.25) is 0 Å². The number of piperazine rings is 1. The normalized spacial score (nSPS) is 24.4. The Balaban J connectivity index is 1.55.